The van der Waals surface area contributed by atoms with Gasteiger partial charge in [0.2, 0.25) is 5.91 Å². The smallest absolute Gasteiger partial charge is 0.419 e. The number of hydrazine groups is 1. The lowest BCUT2D eigenvalue weighted by molar-refractivity contribution is -0.130. The molecule has 8 nitrogen and oxygen atoms in total. The molecule has 3 rings (SSSR count). The summed E-state index contributed by atoms with van der Waals surface area (Å²) in [7, 11) is 0. The molecule has 0 unspecified atom stereocenters. The fraction of sp³-hybridized carbons (Fsp3) is 0.250. The van der Waals surface area contributed by atoms with Crippen molar-refractivity contribution in [1.29, 1.82) is 0 Å². The largest absolute Gasteiger partial charge is 0.484 e. The van der Waals surface area contributed by atoms with Gasteiger partial charge in [0.05, 0.1) is 5.52 Å². The van der Waals surface area contributed by atoms with Crippen LogP contribution in [0.15, 0.2) is 51.7 Å². The van der Waals surface area contributed by atoms with Crippen LogP contribution < -0.4 is 21.3 Å². The summed E-state index contributed by atoms with van der Waals surface area (Å²) in [4.78, 5) is 35.6. The van der Waals surface area contributed by atoms with E-state index in [1.54, 1.807) is 30.3 Å². The van der Waals surface area contributed by atoms with Gasteiger partial charge in [-0.15, -0.1) is 0 Å². The van der Waals surface area contributed by atoms with Crippen LogP contribution in [0, 0.1) is 13.8 Å². The number of fused-ring (bicyclic) bond motifs is 1. The molecule has 0 aliphatic carbocycles. The minimum Gasteiger partial charge on any atom is -0.484 e. The number of aryl methyl sites for hydroxylation is 3. The van der Waals surface area contributed by atoms with Crippen molar-refractivity contribution < 1.29 is 18.7 Å². The van der Waals surface area contributed by atoms with E-state index in [1.807, 2.05) is 26.0 Å². The molecule has 8 heteroatoms. The number of rotatable bonds is 6. The van der Waals surface area contributed by atoms with Gasteiger partial charge in [-0.2, -0.15) is 0 Å². The summed E-state index contributed by atoms with van der Waals surface area (Å²) in [6.45, 7) is 3.85. The van der Waals surface area contributed by atoms with Gasteiger partial charge in [0.1, 0.15) is 5.75 Å². The molecular formula is C20H21N3O5. The van der Waals surface area contributed by atoms with Crippen molar-refractivity contribution in [2.75, 3.05) is 6.61 Å². The van der Waals surface area contributed by atoms with E-state index in [4.69, 9.17) is 9.15 Å². The molecule has 0 saturated heterocycles. The van der Waals surface area contributed by atoms with Gasteiger partial charge in [0.15, 0.2) is 12.2 Å². The second-order valence-corrected chi connectivity index (χ2v) is 6.37. The van der Waals surface area contributed by atoms with Gasteiger partial charge in [-0.3, -0.25) is 25.0 Å². The quantitative estimate of drug-likeness (QED) is 0.632. The Hall–Kier alpha value is -3.55. The predicted octanol–water partition coefficient (Wildman–Crippen LogP) is 1.83. The van der Waals surface area contributed by atoms with Crippen LogP contribution in [0.4, 0.5) is 0 Å². The molecule has 1 heterocycles. The van der Waals surface area contributed by atoms with Crippen LogP contribution in [0.5, 0.6) is 5.75 Å². The van der Waals surface area contributed by atoms with Crippen molar-refractivity contribution in [3.8, 4) is 5.75 Å². The molecule has 0 saturated carbocycles. The molecule has 1 aromatic heterocycles. The van der Waals surface area contributed by atoms with E-state index in [-0.39, 0.29) is 19.6 Å². The summed E-state index contributed by atoms with van der Waals surface area (Å²) in [6.07, 6.45) is 0.00171. The number of ether oxygens (including phenoxy) is 1. The summed E-state index contributed by atoms with van der Waals surface area (Å²) >= 11 is 0. The standard InChI is InChI=1S/C20H21N3O5/c1-13-7-8-15(11-14(13)2)27-12-19(25)22-21-18(24)9-10-23-16-5-3-4-6-17(16)28-20(23)26/h3-8,11H,9-10,12H2,1-2H3,(H,21,24)(H,22,25). The van der Waals surface area contributed by atoms with Crippen LogP contribution in [-0.4, -0.2) is 23.0 Å². The first-order chi connectivity index (χ1) is 13.4. The number of hydrogen-bond donors (Lipinski definition) is 2. The van der Waals surface area contributed by atoms with Crippen molar-refractivity contribution in [2.24, 2.45) is 0 Å². The summed E-state index contributed by atoms with van der Waals surface area (Å²) in [5.74, 6) is -0.871. The maximum absolute atomic E-state index is 11.9. The summed E-state index contributed by atoms with van der Waals surface area (Å²) in [6, 6.07) is 12.5. The maximum Gasteiger partial charge on any atom is 0.419 e. The van der Waals surface area contributed by atoms with Crippen molar-refractivity contribution in [3.63, 3.8) is 0 Å². The number of para-hydroxylation sites is 2. The first-order valence-electron chi connectivity index (χ1n) is 8.80. The van der Waals surface area contributed by atoms with E-state index in [2.05, 4.69) is 10.9 Å². The van der Waals surface area contributed by atoms with Crippen LogP contribution in [0.2, 0.25) is 0 Å². The number of nitrogens with one attached hydrogen (secondary N) is 2. The Balaban J connectivity index is 1.44. The van der Waals surface area contributed by atoms with Crippen molar-refractivity contribution in [2.45, 2.75) is 26.8 Å². The second-order valence-electron chi connectivity index (χ2n) is 6.37. The first kappa shape index (κ1) is 19.2. The average Bonchev–Trinajstić information content (AvgIpc) is 3.00. The normalized spacial score (nSPS) is 10.6. The molecule has 2 amide bonds. The highest BCUT2D eigenvalue weighted by atomic mass is 16.5. The Labute approximate surface area is 161 Å². The van der Waals surface area contributed by atoms with E-state index in [1.165, 1.54) is 4.57 Å². The third-order valence-corrected chi connectivity index (χ3v) is 4.33. The van der Waals surface area contributed by atoms with Crippen molar-refractivity contribution >= 4 is 22.9 Å². The van der Waals surface area contributed by atoms with Gasteiger partial charge in [0, 0.05) is 13.0 Å². The van der Waals surface area contributed by atoms with Crippen molar-refractivity contribution in [3.05, 3.63) is 64.1 Å². The SMILES string of the molecule is Cc1ccc(OCC(=O)NNC(=O)CCn2c(=O)oc3ccccc32)cc1C. The number of benzene rings is 2. The molecule has 2 N–H and O–H groups in total. The average molecular weight is 383 g/mol. The Morgan fingerprint density at radius 3 is 2.57 bits per heavy atom. The third-order valence-electron chi connectivity index (χ3n) is 4.33. The lowest BCUT2D eigenvalue weighted by Gasteiger charge is -2.10. The second kappa shape index (κ2) is 8.43. The summed E-state index contributed by atoms with van der Waals surface area (Å²) in [5, 5.41) is 0. The summed E-state index contributed by atoms with van der Waals surface area (Å²) in [5.41, 5.74) is 7.87. The van der Waals surface area contributed by atoms with Crippen LogP contribution in [0.25, 0.3) is 11.1 Å². The lowest BCUT2D eigenvalue weighted by Crippen LogP contribution is -2.44. The number of hydrogen-bond acceptors (Lipinski definition) is 5. The molecule has 0 spiro atoms. The molecule has 0 aliphatic rings. The van der Waals surface area contributed by atoms with Crippen molar-refractivity contribution in [1.82, 2.24) is 15.4 Å². The van der Waals surface area contributed by atoms with E-state index in [9.17, 15) is 14.4 Å². The van der Waals surface area contributed by atoms with Crippen LogP contribution in [0.1, 0.15) is 17.5 Å². The fourth-order valence-corrected chi connectivity index (χ4v) is 2.63. The first-order valence-corrected chi connectivity index (χ1v) is 8.80. The fourth-order valence-electron chi connectivity index (χ4n) is 2.63. The van der Waals surface area contributed by atoms with Gasteiger partial charge in [-0.05, 0) is 49.2 Å². The molecule has 28 heavy (non-hydrogen) atoms. The van der Waals surface area contributed by atoms with Gasteiger partial charge in [-0.25, -0.2) is 4.79 Å². The maximum atomic E-state index is 11.9. The highest BCUT2D eigenvalue weighted by molar-refractivity contribution is 5.82. The van der Waals surface area contributed by atoms with Gasteiger partial charge < -0.3 is 9.15 Å². The zero-order valence-electron chi connectivity index (χ0n) is 15.7. The molecule has 0 fully saturated rings. The Kier molecular flexibility index (Phi) is 5.78. The van der Waals surface area contributed by atoms with E-state index >= 15 is 0 Å². The highest BCUT2D eigenvalue weighted by Gasteiger charge is 2.11. The topological polar surface area (TPSA) is 103 Å². The number of aromatic nitrogens is 1. The lowest BCUT2D eigenvalue weighted by atomic mass is 10.1. The molecule has 0 atom stereocenters. The number of amides is 2. The molecule has 146 valence electrons. The number of carbonyl (C=O) groups is 2. The minimum atomic E-state index is -0.528. The molecular weight excluding hydrogens is 362 g/mol. The minimum absolute atomic E-state index is 0.00171. The Morgan fingerprint density at radius 2 is 1.79 bits per heavy atom. The summed E-state index contributed by atoms with van der Waals surface area (Å²) < 4.78 is 11.9. The molecule has 3 aromatic rings. The Morgan fingerprint density at radius 1 is 1.04 bits per heavy atom. The monoisotopic (exact) mass is 383 g/mol. The zero-order valence-corrected chi connectivity index (χ0v) is 15.7. The van der Waals surface area contributed by atoms with Crippen LogP contribution >= 0.6 is 0 Å². The Bertz CT molecular complexity index is 1070. The predicted molar refractivity (Wildman–Crippen MR) is 103 cm³/mol. The van der Waals surface area contributed by atoms with Crippen LogP contribution in [-0.2, 0) is 16.1 Å². The van der Waals surface area contributed by atoms with Gasteiger partial charge in [0.25, 0.3) is 5.91 Å². The van der Waals surface area contributed by atoms with Crippen LogP contribution in [0.3, 0.4) is 0 Å². The molecule has 0 bridgehead atoms. The molecule has 0 aliphatic heterocycles. The number of oxazole rings is 1. The van der Waals surface area contributed by atoms with E-state index < -0.39 is 17.6 Å². The number of nitrogens with zero attached hydrogens (tertiary/aromatic N) is 1. The third kappa shape index (κ3) is 4.59. The zero-order chi connectivity index (χ0) is 20.1. The highest BCUT2D eigenvalue weighted by Crippen LogP contribution is 2.16. The van der Waals surface area contributed by atoms with E-state index in [0.29, 0.717) is 16.8 Å². The van der Waals surface area contributed by atoms with E-state index in [0.717, 1.165) is 11.1 Å². The molecule has 0 radical (unpaired) electrons. The molecule has 2 aromatic carbocycles. The number of carbonyl (C=O) groups excluding carboxylic acids is 2. The van der Waals surface area contributed by atoms with Gasteiger partial charge >= 0.3 is 5.76 Å². The van der Waals surface area contributed by atoms with Gasteiger partial charge in [-0.1, -0.05) is 18.2 Å².